The average Bonchev–Trinajstić information content (AvgIpc) is 2.34. The summed E-state index contributed by atoms with van der Waals surface area (Å²) in [5, 5.41) is 0. The molecule has 1 saturated heterocycles. The van der Waals surface area contributed by atoms with Gasteiger partial charge in [-0.15, -0.1) is 0 Å². The van der Waals surface area contributed by atoms with Crippen molar-refractivity contribution in [2.45, 2.75) is 45.1 Å². The number of likely N-dealkylation sites (tertiary alicyclic amines) is 1. The predicted molar refractivity (Wildman–Crippen MR) is 74.1 cm³/mol. The van der Waals surface area contributed by atoms with Crippen LogP contribution in [0, 0.1) is 0 Å². The van der Waals surface area contributed by atoms with Crippen LogP contribution in [0.2, 0.25) is 0 Å². The van der Waals surface area contributed by atoms with Crippen molar-refractivity contribution in [3.8, 4) is 0 Å². The minimum absolute atomic E-state index is 0.787. The third kappa shape index (κ3) is 3.74. The summed E-state index contributed by atoms with van der Waals surface area (Å²) in [5.41, 5.74) is 7.95. The largest absolute Gasteiger partial charge is 0.399 e. The molecular formula is C15H24N2. The van der Waals surface area contributed by atoms with Crippen LogP contribution in [0.5, 0.6) is 0 Å². The highest BCUT2D eigenvalue weighted by atomic mass is 15.1. The lowest BCUT2D eigenvalue weighted by Gasteiger charge is -2.33. The van der Waals surface area contributed by atoms with Crippen LogP contribution in [-0.4, -0.2) is 24.0 Å². The number of nitrogen functional groups attached to an aromatic ring is 1. The van der Waals surface area contributed by atoms with Gasteiger partial charge in [-0.2, -0.15) is 0 Å². The van der Waals surface area contributed by atoms with E-state index in [4.69, 9.17) is 5.73 Å². The van der Waals surface area contributed by atoms with Crippen molar-refractivity contribution in [3.63, 3.8) is 0 Å². The standard InChI is InChI=1S/C15H24N2/c1-13-5-2-3-11-17(13)12-4-6-14-7-9-15(16)10-8-14/h7-10,13H,2-6,11-12,16H2,1H3. The molecule has 2 nitrogen and oxygen atoms in total. The minimum Gasteiger partial charge on any atom is -0.399 e. The Kier molecular flexibility index (Phi) is 4.43. The monoisotopic (exact) mass is 232 g/mol. The van der Waals surface area contributed by atoms with Crippen LogP contribution < -0.4 is 5.73 Å². The number of nitrogens with two attached hydrogens (primary N) is 1. The van der Waals surface area contributed by atoms with E-state index in [1.54, 1.807) is 0 Å². The Labute approximate surface area is 105 Å². The van der Waals surface area contributed by atoms with E-state index in [1.807, 2.05) is 12.1 Å². The van der Waals surface area contributed by atoms with Crippen molar-refractivity contribution < 1.29 is 0 Å². The Hall–Kier alpha value is -1.02. The third-order valence-electron chi connectivity index (χ3n) is 3.83. The summed E-state index contributed by atoms with van der Waals surface area (Å²) in [4.78, 5) is 2.64. The molecule has 1 aliphatic rings. The number of benzene rings is 1. The second-order valence-electron chi connectivity index (χ2n) is 5.23. The first kappa shape index (κ1) is 12.4. The van der Waals surface area contributed by atoms with Crippen LogP contribution in [-0.2, 0) is 6.42 Å². The van der Waals surface area contributed by atoms with Crippen LogP contribution in [0.4, 0.5) is 5.69 Å². The highest BCUT2D eigenvalue weighted by Crippen LogP contribution is 2.17. The summed E-state index contributed by atoms with van der Waals surface area (Å²) in [6.07, 6.45) is 6.60. The maximum atomic E-state index is 5.68. The van der Waals surface area contributed by atoms with Crippen molar-refractivity contribution >= 4 is 5.69 Å². The van der Waals surface area contributed by atoms with Gasteiger partial charge in [0.15, 0.2) is 0 Å². The van der Waals surface area contributed by atoms with Gasteiger partial charge in [0.2, 0.25) is 0 Å². The van der Waals surface area contributed by atoms with E-state index in [1.165, 1.54) is 50.8 Å². The van der Waals surface area contributed by atoms with Crippen LogP contribution in [0.15, 0.2) is 24.3 Å². The molecule has 0 aliphatic carbocycles. The number of anilines is 1. The van der Waals surface area contributed by atoms with Gasteiger partial charge < -0.3 is 10.6 Å². The fourth-order valence-corrected chi connectivity index (χ4v) is 2.66. The summed E-state index contributed by atoms with van der Waals surface area (Å²) in [7, 11) is 0. The maximum absolute atomic E-state index is 5.68. The molecule has 17 heavy (non-hydrogen) atoms. The molecule has 0 bridgehead atoms. The topological polar surface area (TPSA) is 29.3 Å². The Morgan fingerprint density at radius 3 is 2.71 bits per heavy atom. The molecule has 0 saturated carbocycles. The summed E-state index contributed by atoms with van der Waals surface area (Å²) in [5.74, 6) is 0. The first-order chi connectivity index (χ1) is 8.25. The first-order valence-corrected chi connectivity index (χ1v) is 6.84. The van der Waals surface area contributed by atoms with E-state index in [2.05, 4.69) is 24.0 Å². The second-order valence-corrected chi connectivity index (χ2v) is 5.23. The minimum atomic E-state index is 0.787. The number of aryl methyl sites for hydroxylation is 1. The smallest absolute Gasteiger partial charge is 0.0314 e. The van der Waals surface area contributed by atoms with Gasteiger partial charge in [-0.25, -0.2) is 0 Å². The number of nitrogens with zero attached hydrogens (tertiary/aromatic N) is 1. The molecule has 0 aromatic heterocycles. The van der Waals surface area contributed by atoms with Gasteiger partial charge in [0.1, 0.15) is 0 Å². The number of hydrogen-bond donors (Lipinski definition) is 1. The molecule has 0 radical (unpaired) electrons. The average molecular weight is 232 g/mol. The first-order valence-electron chi connectivity index (χ1n) is 6.84. The zero-order valence-electron chi connectivity index (χ0n) is 10.9. The molecule has 1 aliphatic heterocycles. The highest BCUT2D eigenvalue weighted by Gasteiger charge is 2.16. The van der Waals surface area contributed by atoms with E-state index in [-0.39, 0.29) is 0 Å². The van der Waals surface area contributed by atoms with Crippen LogP contribution in [0.25, 0.3) is 0 Å². The van der Waals surface area contributed by atoms with Crippen molar-refractivity contribution in [2.75, 3.05) is 18.8 Å². The quantitative estimate of drug-likeness (QED) is 0.808. The molecule has 1 fully saturated rings. The van der Waals surface area contributed by atoms with Gasteiger partial charge in [0.25, 0.3) is 0 Å². The highest BCUT2D eigenvalue weighted by molar-refractivity contribution is 5.39. The van der Waals surface area contributed by atoms with E-state index < -0.39 is 0 Å². The normalized spacial score (nSPS) is 21.6. The van der Waals surface area contributed by atoms with Crippen LogP contribution in [0.1, 0.15) is 38.2 Å². The van der Waals surface area contributed by atoms with Crippen molar-refractivity contribution in [1.29, 1.82) is 0 Å². The molecule has 0 spiro atoms. The molecule has 1 aromatic rings. The van der Waals surface area contributed by atoms with E-state index >= 15 is 0 Å². The summed E-state index contributed by atoms with van der Waals surface area (Å²) >= 11 is 0. The van der Waals surface area contributed by atoms with Gasteiger partial charge in [-0.1, -0.05) is 18.6 Å². The van der Waals surface area contributed by atoms with Crippen LogP contribution in [0.3, 0.4) is 0 Å². The second kappa shape index (κ2) is 6.06. The van der Waals surface area contributed by atoms with Gasteiger partial charge in [-0.05, 0) is 63.4 Å². The van der Waals surface area contributed by atoms with E-state index in [0.717, 1.165) is 11.7 Å². The van der Waals surface area contributed by atoms with E-state index in [0.29, 0.717) is 0 Å². The summed E-state index contributed by atoms with van der Waals surface area (Å²) in [6, 6.07) is 9.08. The molecule has 2 heteroatoms. The molecule has 94 valence electrons. The lowest BCUT2D eigenvalue weighted by atomic mass is 10.0. The Balaban J connectivity index is 1.73. The van der Waals surface area contributed by atoms with E-state index in [9.17, 15) is 0 Å². The Morgan fingerprint density at radius 1 is 1.24 bits per heavy atom. The predicted octanol–water partition coefficient (Wildman–Crippen LogP) is 3.08. The fourth-order valence-electron chi connectivity index (χ4n) is 2.66. The molecule has 1 heterocycles. The number of rotatable bonds is 4. The molecule has 2 N–H and O–H groups in total. The van der Waals surface area contributed by atoms with Crippen molar-refractivity contribution in [2.24, 2.45) is 0 Å². The number of piperidine rings is 1. The Bertz CT molecular complexity index is 331. The third-order valence-corrected chi connectivity index (χ3v) is 3.83. The molecular weight excluding hydrogens is 208 g/mol. The van der Waals surface area contributed by atoms with Gasteiger partial charge in [0.05, 0.1) is 0 Å². The van der Waals surface area contributed by atoms with Gasteiger partial charge in [-0.3, -0.25) is 0 Å². The zero-order chi connectivity index (χ0) is 12.1. The van der Waals surface area contributed by atoms with Gasteiger partial charge >= 0.3 is 0 Å². The molecule has 1 aromatic carbocycles. The summed E-state index contributed by atoms with van der Waals surface area (Å²) in [6.45, 7) is 4.90. The number of hydrogen-bond acceptors (Lipinski definition) is 2. The maximum Gasteiger partial charge on any atom is 0.0314 e. The molecule has 2 rings (SSSR count). The molecule has 0 amide bonds. The zero-order valence-corrected chi connectivity index (χ0v) is 10.9. The fraction of sp³-hybridized carbons (Fsp3) is 0.600. The molecule has 1 unspecified atom stereocenters. The lowest BCUT2D eigenvalue weighted by molar-refractivity contribution is 0.159. The van der Waals surface area contributed by atoms with Gasteiger partial charge in [0, 0.05) is 11.7 Å². The Morgan fingerprint density at radius 2 is 2.00 bits per heavy atom. The SMILES string of the molecule is CC1CCCCN1CCCc1ccc(N)cc1. The van der Waals surface area contributed by atoms with Crippen molar-refractivity contribution in [3.05, 3.63) is 29.8 Å². The summed E-state index contributed by atoms with van der Waals surface area (Å²) < 4.78 is 0. The lowest BCUT2D eigenvalue weighted by Crippen LogP contribution is -2.38. The van der Waals surface area contributed by atoms with Crippen molar-refractivity contribution in [1.82, 2.24) is 4.90 Å². The van der Waals surface area contributed by atoms with Crippen LogP contribution >= 0.6 is 0 Å². The molecule has 1 atom stereocenters.